The van der Waals surface area contributed by atoms with Crippen LogP contribution in [-0.4, -0.2) is 60.4 Å². The molecule has 0 saturated heterocycles. The lowest BCUT2D eigenvalue weighted by Gasteiger charge is -2.45. The Morgan fingerprint density at radius 3 is 2.21 bits per heavy atom. The Morgan fingerprint density at radius 2 is 1.60 bits per heavy atom. The smallest absolute Gasteiger partial charge is 0.458 e. The van der Waals surface area contributed by atoms with Crippen LogP contribution in [0.25, 0.3) is 11.1 Å². The van der Waals surface area contributed by atoms with Gasteiger partial charge in [0.2, 0.25) is 6.79 Å². The summed E-state index contributed by atoms with van der Waals surface area (Å²) in [6.45, 7) is 4.28. The number of nitrogens with one attached hydrogen (secondary N) is 1. The summed E-state index contributed by atoms with van der Waals surface area (Å²) in [7, 11) is 0. The number of hydrogen-bond acceptors (Lipinski definition) is 9. The topological polar surface area (TPSA) is 139 Å². The van der Waals surface area contributed by atoms with E-state index in [1.165, 1.54) is 6.07 Å². The quantitative estimate of drug-likeness (QED) is 0.140. The van der Waals surface area contributed by atoms with Gasteiger partial charge in [0, 0.05) is 36.5 Å². The second kappa shape index (κ2) is 15.5. The number of ether oxygens (including phenoxy) is 3. The van der Waals surface area contributed by atoms with Crippen LogP contribution in [0.5, 0.6) is 0 Å². The largest absolute Gasteiger partial charge is 0.491 e. The van der Waals surface area contributed by atoms with Crippen LogP contribution in [0, 0.1) is 17.0 Å². The van der Waals surface area contributed by atoms with Gasteiger partial charge in [-0.3, -0.25) is 19.7 Å². The summed E-state index contributed by atoms with van der Waals surface area (Å²) in [5, 5.41) is 3.16. The molecule has 3 aromatic rings. The molecule has 260 valence electrons. The molecule has 0 aliphatic heterocycles. The first kappa shape index (κ1) is 37.8. The fraction of sp³-hybridized carbons (Fsp3) is 0.394. The molecule has 0 aliphatic rings. The molecular formula is C33H36F5N3O7. The normalized spacial score (nSPS) is 13.7. The van der Waals surface area contributed by atoms with Crippen LogP contribution in [0.1, 0.15) is 45.4 Å². The van der Waals surface area contributed by atoms with E-state index in [1.807, 2.05) is 18.2 Å². The van der Waals surface area contributed by atoms with E-state index in [2.05, 4.69) is 14.8 Å². The van der Waals surface area contributed by atoms with Gasteiger partial charge in [0.25, 0.3) is 0 Å². The van der Waals surface area contributed by atoms with Crippen molar-refractivity contribution in [3.05, 3.63) is 83.7 Å². The second-order valence-corrected chi connectivity index (χ2v) is 11.9. The van der Waals surface area contributed by atoms with Crippen LogP contribution in [0.3, 0.4) is 0 Å². The molecule has 10 nitrogen and oxygen atoms in total. The fourth-order valence-electron chi connectivity index (χ4n) is 5.14. The Morgan fingerprint density at radius 1 is 0.938 bits per heavy atom. The van der Waals surface area contributed by atoms with Crippen molar-refractivity contribution in [1.29, 1.82) is 0 Å². The zero-order chi connectivity index (χ0) is 35.9. The molecule has 15 heteroatoms. The molecule has 2 aromatic carbocycles. The van der Waals surface area contributed by atoms with Gasteiger partial charge in [-0.1, -0.05) is 51.1 Å². The van der Waals surface area contributed by atoms with E-state index in [1.54, 1.807) is 43.7 Å². The number of esters is 3. The predicted octanol–water partition coefficient (Wildman–Crippen LogP) is 4.77. The van der Waals surface area contributed by atoms with E-state index >= 15 is 4.39 Å². The van der Waals surface area contributed by atoms with Crippen molar-refractivity contribution < 1.29 is 55.3 Å². The van der Waals surface area contributed by atoms with E-state index in [0.717, 1.165) is 30.7 Å². The number of rotatable bonds is 14. The highest BCUT2D eigenvalue weighted by atomic mass is 19.4. The number of hydrogen-bond donors (Lipinski definition) is 2. The van der Waals surface area contributed by atoms with Crippen molar-refractivity contribution in [2.24, 2.45) is 11.1 Å². The molecule has 3 N–H and O–H groups in total. The average molecular weight is 682 g/mol. The zero-order valence-corrected chi connectivity index (χ0v) is 26.7. The standard InChI is InChI=1S/C33H36F5N3O7/c1-20(42)46-18-28(43)32(31(2,3)4,40-13-12-26(39)29(44)47-19-48-30(45)33(36,37)38)27-14-22(24-15-23(34)10-11-25(24)35)17-41(27)16-21-8-6-5-7-9-21/h5-11,14-15,17,26,40H,12-13,16,18-19,39H2,1-4H3/t26-,32+/m0/s1. The molecule has 0 unspecified atom stereocenters. The Hall–Kier alpha value is -4.63. The molecule has 48 heavy (non-hydrogen) atoms. The summed E-state index contributed by atoms with van der Waals surface area (Å²) < 4.78 is 81.6. The number of nitrogens with two attached hydrogens (primary N) is 1. The molecule has 0 fully saturated rings. The molecular weight excluding hydrogens is 645 g/mol. The maximum Gasteiger partial charge on any atom is 0.491 e. The Balaban J connectivity index is 2.05. The fourth-order valence-corrected chi connectivity index (χ4v) is 5.14. The van der Waals surface area contributed by atoms with Crippen molar-refractivity contribution >= 4 is 23.7 Å². The molecule has 0 spiro atoms. The van der Waals surface area contributed by atoms with E-state index in [0.29, 0.717) is 0 Å². The van der Waals surface area contributed by atoms with Gasteiger partial charge in [-0.15, -0.1) is 0 Å². The van der Waals surface area contributed by atoms with Crippen molar-refractivity contribution in [3.63, 3.8) is 0 Å². The first-order chi connectivity index (χ1) is 22.4. The number of halogens is 5. The van der Waals surface area contributed by atoms with Gasteiger partial charge in [-0.05, 0) is 48.2 Å². The minimum absolute atomic E-state index is 0.0747. The summed E-state index contributed by atoms with van der Waals surface area (Å²) in [5.74, 6) is -6.50. The van der Waals surface area contributed by atoms with E-state index in [-0.39, 0.29) is 36.3 Å². The van der Waals surface area contributed by atoms with Crippen LogP contribution >= 0.6 is 0 Å². The number of carbonyl (C=O) groups is 4. The van der Waals surface area contributed by atoms with Gasteiger partial charge in [0.15, 0.2) is 12.4 Å². The molecule has 0 bridgehead atoms. The Labute approximate surface area is 273 Å². The number of alkyl halides is 3. The summed E-state index contributed by atoms with van der Waals surface area (Å²) in [5.41, 5.74) is 4.38. The van der Waals surface area contributed by atoms with E-state index < -0.39 is 71.9 Å². The minimum Gasteiger partial charge on any atom is -0.458 e. The second-order valence-electron chi connectivity index (χ2n) is 11.9. The van der Waals surface area contributed by atoms with Crippen LogP contribution in [0.2, 0.25) is 0 Å². The molecule has 0 radical (unpaired) electrons. The SMILES string of the molecule is CC(=O)OCC(=O)[C@](NCC[C@H](N)C(=O)OCOC(=O)C(F)(F)F)(c1cc(-c2cc(F)ccc2F)cn1Cc1ccccc1)C(C)(C)C. The van der Waals surface area contributed by atoms with Crippen molar-refractivity contribution in [1.82, 2.24) is 9.88 Å². The van der Waals surface area contributed by atoms with Gasteiger partial charge in [0.1, 0.15) is 23.2 Å². The van der Waals surface area contributed by atoms with Gasteiger partial charge in [0.05, 0.1) is 0 Å². The van der Waals surface area contributed by atoms with Gasteiger partial charge >= 0.3 is 24.1 Å². The minimum atomic E-state index is -5.29. The molecule has 0 aliphatic carbocycles. The number of aromatic nitrogens is 1. The molecule has 3 rings (SSSR count). The number of carbonyl (C=O) groups excluding carboxylic acids is 4. The first-order valence-electron chi connectivity index (χ1n) is 14.6. The van der Waals surface area contributed by atoms with Crippen LogP contribution in [0.15, 0.2) is 60.8 Å². The number of Topliss-reactive ketones (excluding diaryl/α,β-unsaturated/α-hetero) is 1. The van der Waals surface area contributed by atoms with Gasteiger partial charge in [-0.2, -0.15) is 13.2 Å². The number of benzene rings is 2. The lowest BCUT2D eigenvalue weighted by atomic mass is 9.68. The van der Waals surface area contributed by atoms with Crippen molar-refractivity contribution in [2.75, 3.05) is 19.9 Å². The lowest BCUT2D eigenvalue weighted by molar-refractivity contribution is -0.210. The summed E-state index contributed by atoms with van der Waals surface area (Å²) in [4.78, 5) is 49.2. The van der Waals surface area contributed by atoms with Crippen LogP contribution in [0.4, 0.5) is 22.0 Å². The maximum atomic E-state index is 15.0. The number of ketones is 1. The molecule has 0 saturated carbocycles. The lowest BCUT2D eigenvalue weighted by Crippen LogP contribution is -2.60. The van der Waals surface area contributed by atoms with E-state index in [9.17, 15) is 36.7 Å². The third-order valence-corrected chi connectivity index (χ3v) is 7.44. The highest BCUT2D eigenvalue weighted by Crippen LogP contribution is 2.43. The third-order valence-electron chi connectivity index (χ3n) is 7.44. The highest BCUT2D eigenvalue weighted by molar-refractivity contribution is 5.93. The van der Waals surface area contributed by atoms with Crippen LogP contribution < -0.4 is 11.1 Å². The average Bonchev–Trinajstić information content (AvgIpc) is 3.41. The Bertz CT molecular complexity index is 1620. The first-order valence-corrected chi connectivity index (χ1v) is 14.6. The third kappa shape index (κ3) is 9.25. The van der Waals surface area contributed by atoms with Crippen molar-refractivity contribution in [3.8, 4) is 11.1 Å². The summed E-state index contributed by atoms with van der Waals surface area (Å²) in [6.07, 6.45) is -3.95. The maximum absolute atomic E-state index is 15.0. The Kier molecular flexibility index (Phi) is 12.2. The van der Waals surface area contributed by atoms with Gasteiger partial charge in [-0.25, -0.2) is 13.6 Å². The molecule has 1 aromatic heterocycles. The summed E-state index contributed by atoms with van der Waals surface area (Å²) >= 11 is 0. The number of nitrogens with zero attached hydrogens (tertiary/aromatic N) is 1. The molecule has 0 amide bonds. The highest BCUT2D eigenvalue weighted by Gasteiger charge is 2.51. The molecule has 1 heterocycles. The van der Waals surface area contributed by atoms with Gasteiger partial charge < -0.3 is 24.5 Å². The zero-order valence-electron chi connectivity index (χ0n) is 26.7. The monoisotopic (exact) mass is 681 g/mol. The van der Waals surface area contributed by atoms with Crippen molar-refractivity contribution in [2.45, 2.75) is 58.4 Å². The molecule has 2 atom stereocenters. The summed E-state index contributed by atoms with van der Waals surface area (Å²) in [6, 6.07) is 12.1. The predicted molar refractivity (Wildman–Crippen MR) is 162 cm³/mol. The van der Waals surface area contributed by atoms with E-state index in [4.69, 9.17) is 10.5 Å². The van der Waals surface area contributed by atoms with Crippen LogP contribution in [-0.2, 0) is 45.5 Å².